The Labute approximate surface area is 211 Å². The van der Waals surface area contributed by atoms with E-state index in [0.29, 0.717) is 0 Å². The van der Waals surface area contributed by atoms with Crippen LogP contribution in [0.25, 0.3) is 25.7 Å². The van der Waals surface area contributed by atoms with Gasteiger partial charge in [-0.1, -0.05) is 0 Å². The van der Waals surface area contributed by atoms with Crippen molar-refractivity contribution >= 4 is 36.2 Å². The summed E-state index contributed by atoms with van der Waals surface area (Å²) in [5.41, 5.74) is 1.47. The Morgan fingerprint density at radius 2 is 1.46 bits per heavy atom. The Balaban J connectivity index is 1.63. The fourth-order valence-corrected chi connectivity index (χ4v) is 5.92. The second-order valence-electron chi connectivity index (χ2n) is 8.89. The van der Waals surface area contributed by atoms with Gasteiger partial charge in [0.25, 0.3) is 0 Å². The van der Waals surface area contributed by atoms with E-state index < -0.39 is 5.60 Å². The van der Waals surface area contributed by atoms with Gasteiger partial charge in [0, 0.05) is 0 Å². The summed E-state index contributed by atoms with van der Waals surface area (Å²) in [5, 5.41) is 1.07. The molecule has 0 aliphatic rings. The van der Waals surface area contributed by atoms with Crippen LogP contribution in [0.2, 0.25) is 0 Å². The molecule has 4 rings (SSSR count). The van der Waals surface area contributed by atoms with E-state index in [0.717, 1.165) is 43.9 Å². The molecule has 0 aliphatic carbocycles. The molecule has 0 radical (unpaired) electrons. The van der Waals surface area contributed by atoms with Gasteiger partial charge in [-0.2, -0.15) is 0 Å². The first kappa shape index (κ1) is 24.6. The summed E-state index contributed by atoms with van der Waals surface area (Å²) in [5.74, 6) is 2.86. The van der Waals surface area contributed by atoms with Gasteiger partial charge in [0.15, 0.2) is 0 Å². The SMILES string of the molecule is COc1ccc(-c2[se]c3cc(OC)ccc3c2Oc2ccc(/C=C/C(=O)OC(C)(C)C)cc2)cc1. The number of methoxy groups -OCH3 is 2. The predicted molar refractivity (Wildman–Crippen MR) is 141 cm³/mol. The van der Waals surface area contributed by atoms with Crippen molar-refractivity contribution in [2.24, 2.45) is 0 Å². The summed E-state index contributed by atoms with van der Waals surface area (Å²) in [7, 11) is 3.34. The number of carbonyl (C=O) groups excluding carboxylic acids is 1. The number of ether oxygens (including phenoxy) is 4. The molecular formula is C29H28O5Se. The van der Waals surface area contributed by atoms with Crippen LogP contribution in [0.1, 0.15) is 26.3 Å². The Hall–Kier alpha value is -3.47. The van der Waals surface area contributed by atoms with Gasteiger partial charge in [-0.3, -0.25) is 0 Å². The van der Waals surface area contributed by atoms with Gasteiger partial charge in [-0.05, 0) is 20.8 Å². The summed E-state index contributed by atoms with van der Waals surface area (Å²) in [6, 6.07) is 21.8. The third kappa shape index (κ3) is 6.16. The molecule has 1 heterocycles. The molecule has 0 saturated heterocycles. The number of hydrogen-bond donors (Lipinski definition) is 0. The van der Waals surface area contributed by atoms with E-state index in [1.807, 2.05) is 63.2 Å². The van der Waals surface area contributed by atoms with Crippen LogP contribution in [0.15, 0.2) is 72.8 Å². The molecule has 35 heavy (non-hydrogen) atoms. The van der Waals surface area contributed by atoms with Crippen molar-refractivity contribution < 1.29 is 23.7 Å². The van der Waals surface area contributed by atoms with Crippen LogP contribution in [-0.4, -0.2) is 40.3 Å². The normalized spacial score (nSPS) is 11.6. The van der Waals surface area contributed by atoms with Gasteiger partial charge in [0.05, 0.1) is 0 Å². The van der Waals surface area contributed by atoms with Crippen LogP contribution < -0.4 is 14.2 Å². The predicted octanol–water partition coefficient (Wildman–Crippen LogP) is 6.73. The van der Waals surface area contributed by atoms with Crippen molar-refractivity contribution in [2.75, 3.05) is 14.2 Å². The number of esters is 1. The van der Waals surface area contributed by atoms with Gasteiger partial charge in [-0.25, -0.2) is 0 Å². The summed E-state index contributed by atoms with van der Waals surface area (Å²) in [6.07, 6.45) is 3.18. The van der Waals surface area contributed by atoms with Crippen LogP contribution in [0, 0.1) is 0 Å². The molecule has 0 amide bonds. The van der Waals surface area contributed by atoms with Crippen molar-refractivity contribution in [3.63, 3.8) is 0 Å². The van der Waals surface area contributed by atoms with E-state index in [9.17, 15) is 4.79 Å². The monoisotopic (exact) mass is 536 g/mol. The number of rotatable bonds is 7. The molecule has 0 N–H and O–H groups in total. The van der Waals surface area contributed by atoms with E-state index in [1.54, 1.807) is 20.3 Å². The summed E-state index contributed by atoms with van der Waals surface area (Å²) in [6.45, 7) is 5.54. The molecule has 0 unspecified atom stereocenters. The van der Waals surface area contributed by atoms with Crippen molar-refractivity contribution in [1.29, 1.82) is 0 Å². The standard InChI is InChI=1S/C29H28O5Se/c1-29(2,3)34-26(30)17-8-19-6-11-22(12-7-19)33-27-24-16-15-23(32-5)18-25(24)35-28(27)20-9-13-21(31-4)14-10-20/h6-18H,1-5H3/b17-8+. The number of carbonyl (C=O) groups is 1. The Bertz CT molecular complexity index is 1340. The van der Waals surface area contributed by atoms with E-state index >= 15 is 0 Å². The topological polar surface area (TPSA) is 54.0 Å². The second-order valence-corrected chi connectivity index (χ2v) is 11.1. The van der Waals surface area contributed by atoms with E-state index in [1.165, 1.54) is 10.3 Å². The minimum atomic E-state index is -0.516. The quantitative estimate of drug-likeness (QED) is 0.149. The summed E-state index contributed by atoms with van der Waals surface area (Å²) >= 11 is 0.0594. The molecule has 0 fully saturated rings. The number of hydrogen-bond acceptors (Lipinski definition) is 5. The molecule has 4 aromatic rings. The second kappa shape index (κ2) is 10.4. The zero-order valence-corrected chi connectivity index (χ0v) is 22.2. The first-order valence-electron chi connectivity index (χ1n) is 11.2. The zero-order valence-electron chi connectivity index (χ0n) is 20.5. The third-order valence-electron chi connectivity index (χ3n) is 5.12. The fourth-order valence-electron chi connectivity index (χ4n) is 3.48. The van der Waals surface area contributed by atoms with Crippen LogP contribution in [0.5, 0.6) is 23.0 Å². The van der Waals surface area contributed by atoms with Gasteiger partial charge in [0.1, 0.15) is 0 Å². The Morgan fingerprint density at radius 1 is 0.829 bits per heavy atom. The molecule has 3 aromatic carbocycles. The molecule has 180 valence electrons. The number of benzene rings is 3. The molecule has 5 nitrogen and oxygen atoms in total. The van der Waals surface area contributed by atoms with Gasteiger partial charge < -0.3 is 0 Å². The molecule has 0 bridgehead atoms. The van der Waals surface area contributed by atoms with Crippen LogP contribution in [-0.2, 0) is 9.53 Å². The maximum absolute atomic E-state index is 11.9. The fraction of sp³-hybridized carbons (Fsp3) is 0.207. The summed E-state index contributed by atoms with van der Waals surface area (Å²) < 4.78 is 24.9. The van der Waals surface area contributed by atoms with Crippen molar-refractivity contribution in [3.05, 3.63) is 78.4 Å². The van der Waals surface area contributed by atoms with Crippen LogP contribution >= 0.6 is 0 Å². The van der Waals surface area contributed by atoms with E-state index in [-0.39, 0.29) is 20.5 Å². The molecule has 1 aromatic heterocycles. The molecular weight excluding hydrogens is 507 g/mol. The Kier molecular flexibility index (Phi) is 7.34. The molecule has 0 aliphatic heterocycles. The zero-order chi connectivity index (χ0) is 25.0. The number of fused-ring (bicyclic) bond motifs is 1. The molecule has 0 spiro atoms. The summed E-state index contributed by atoms with van der Waals surface area (Å²) in [4.78, 5) is 11.9. The van der Waals surface area contributed by atoms with Crippen molar-refractivity contribution in [1.82, 2.24) is 0 Å². The van der Waals surface area contributed by atoms with Gasteiger partial charge in [0.2, 0.25) is 0 Å². The van der Waals surface area contributed by atoms with E-state index in [4.69, 9.17) is 18.9 Å². The third-order valence-corrected chi connectivity index (χ3v) is 7.60. The van der Waals surface area contributed by atoms with Gasteiger partial charge in [-0.15, -0.1) is 0 Å². The van der Waals surface area contributed by atoms with Crippen LogP contribution in [0.4, 0.5) is 0 Å². The maximum atomic E-state index is 11.9. The molecule has 0 saturated carbocycles. The first-order valence-corrected chi connectivity index (χ1v) is 12.9. The Morgan fingerprint density at radius 3 is 2.09 bits per heavy atom. The van der Waals surface area contributed by atoms with Crippen molar-refractivity contribution in [2.45, 2.75) is 26.4 Å². The molecule has 0 atom stereocenters. The first-order chi connectivity index (χ1) is 16.8. The average molecular weight is 535 g/mol. The van der Waals surface area contributed by atoms with E-state index in [2.05, 4.69) is 24.3 Å². The average Bonchev–Trinajstić information content (AvgIpc) is 3.20. The van der Waals surface area contributed by atoms with Crippen LogP contribution in [0.3, 0.4) is 0 Å². The minimum absolute atomic E-state index is 0.0594. The van der Waals surface area contributed by atoms with Crippen molar-refractivity contribution in [3.8, 4) is 33.0 Å². The molecule has 6 heteroatoms. The van der Waals surface area contributed by atoms with Gasteiger partial charge >= 0.3 is 191 Å².